The summed E-state index contributed by atoms with van der Waals surface area (Å²) in [7, 11) is 0. The van der Waals surface area contributed by atoms with Crippen molar-refractivity contribution in [1.29, 1.82) is 0 Å². The van der Waals surface area contributed by atoms with E-state index in [0.717, 1.165) is 57.3 Å². The average Bonchev–Trinajstić information content (AvgIpc) is 3.30. The summed E-state index contributed by atoms with van der Waals surface area (Å²) in [5.41, 5.74) is 0.854. The minimum absolute atomic E-state index is 0.112. The molecular formula is C19H27N3O2. The average molecular weight is 329 g/mol. The maximum atomic E-state index is 12.7. The summed E-state index contributed by atoms with van der Waals surface area (Å²) in [5.74, 6) is 0.459. The van der Waals surface area contributed by atoms with E-state index in [-0.39, 0.29) is 11.3 Å². The normalized spacial score (nSPS) is 28.8. The fourth-order valence-electron chi connectivity index (χ4n) is 4.95. The maximum absolute atomic E-state index is 12.7. The van der Waals surface area contributed by atoms with Crippen LogP contribution < -0.4 is 0 Å². The predicted octanol–water partition coefficient (Wildman–Crippen LogP) is 2.80. The Kier molecular flexibility index (Phi) is 4.10. The number of piperidine rings is 2. The van der Waals surface area contributed by atoms with Gasteiger partial charge in [0.15, 0.2) is 0 Å². The zero-order valence-electron chi connectivity index (χ0n) is 14.3. The van der Waals surface area contributed by atoms with E-state index in [0.29, 0.717) is 18.4 Å². The molecule has 4 rings (SSSR count). The number of aromatic nitrogens is 1. The van der Waals surface area contributed by atoms with Gasteiger partial charge in [0.2, 0.25) is 5.91 Å². The van der Waals surface area contributed by atoms with E-state index >= 15 is 0 Å². The van der Waals surface area contributed by atoms with Gasteiger partial charge in [-0.1, -0.05) is 12.8 Å². The number of nitrogens with zero attached hydrogens (tertiary/aromatic N) is 2. The second-order valence-electron chi connectivity index (χ2n) is 7.89. The number of nitrogens with one attached hydrogen (secondary N) is 1. The number of hydrogen-bond donors (Lipinski definition) is 1. The van der Waals surface area contributed by atoms with E-state index in [1.54, 1.807) is 12.4 Å². The largest absolute Gasteiger partial charge is 0.367 e. The minimum atomic E-state index is 0.112. The Morgan fingerprint density at radius 3 is 2.75 bits per heavy atom. The molecule has 24 heavy (non-hydrogen) atoms. The Labute approximate surface area is 143 Å². The summed E-state index contributed by atoms with van der Waals surface area (Å²) in [4.78, 5) is 32.3. The van der Waals surface area contributed by atoms with Crippen LogP contribution >= 0.6 is 0 Å². The van der Waals surface area contributed by atoms with E-state index < -0.39 is 0 Å². The summed E-state index contributed by atoms with van der Waals surface area (Å²) in [6, 6.07) is 2.30. The van der Waals surface area contributed by atoms with Gasteiger partial charge in [-0.3, -0.25) is 9.59 Å². The van der Waals surface area contributed by atoms with Crippen LogP contribution in [0.2, 0.25) is 0 Å². The molecule has 1 atom stereocenters. The number of likely N-dealkylation sites (tertiary alicyclic amines) is 2. The molecule has 1 aromatic heterocycles. The number of aromatic amines is 1. The Balaban J connectivity index is 1.49. The topological polar surface area (TPSA) is 56.4 Å². The first kappa shape index (κ1) is 15.7. The lowest BCUT2D eigenvalue weighted by atomic mass is 9.73. The zero-order chi connectivity index (χ0) is 16.6. The summed E-state index contributed by atoms with van der Waals surface area (Å²) < 4.78 is 0. The van der Waals surface area contributed by atoms with Gasteiger partial charge in [0.25, 0.3) is 5.91 Å². The molecular weight excluding hydrogens is 302 g/mol. The highest BCUT2D eigenvalue weighted by Crippen LogP contribution is 2.41. The first-order chi connectivity index (χ1) is 11.7. The standard InChI is InChI=1S/C19H27N3O2/c23-17-6-9-19(14-22(17)16-4-1-2-5-16)8-3-11-21(13-19)18(24)15-7-10-20-12-15/h7,10,12,16,20H,1-6,8-9,11,13-14H2/t19-/m1/s1. The van der Waals surface area contributed by atoms with Crippen molar-refractivity contribution in [3.05, 3.63) is 24.0 Å². The Morgan fingerprint density at radius 1 is 1.17 bits per heavy atom. The van der Waals surface area contributed by atoms with Gasteiger partial charge in [0, 0.05) is 49.9 Å². The highest BCUT2D eigenvalue weighted by molar-refractivity contribution is 5.94. The minimum Gasteiger partial charge on any atom is -0.367 e. The van der Waals surface area contributed by atoms with Crippen molar-refractivity contribution >= 4 is 11.8 Å². The number of amides is 2. The van der Waals surface area contributed by atoms with Crippen molar-refractivity contribution < 1.29 is 9.59 Å². The molecule has 1 aromatic rings. The molecule has 1 saturated carbocycles. The highest BCUT2D eigenvalue weighted by atomic mass is 16.2. The molecule has 0 unspecified atom stereocenters. The fourth-order valence-corrected chi connectivity index (χ4v) is 4.95. The molecule has 3 aliphatic rings. The SMILES string of the molecule is O=C(c1cc[nH]c1)N1CCC[C@@]2(CCC(=O)N(C3CCCC3)C2)C1. The lowest BCUT2D eigenvalue weighted by molar-refractivity contribution is -0.142. The lowest BCUT2D eigenvalue weighted by Crippen LogP contribution is -2.56. The molecule has 2 amide bonds. The monoisotopic (exact) mass is 329 g/mol. The van der Waals surface area contributed by atoms with E-state index in [4.69, 9.17) is 0 Å². The van der Waals surface area contributed by atoms with Crippen LogP contribution in [0.4, 0.5) is 0 Å². The summed E-state index contributed by atoms with van der Waals surface area (Å²) >= 11 is 0. The van der Waals surface area contributed by atoms with Crippen LogP contribution in [0.5, 0.6) is 0 Å². The summed E-state index contributed by atoms with van der Waals surface area (Å²) in [6.45, 7) is 2.49. The molecule has 5 heteroatoms. The van der Waals surface area contributed by atoms with Gasteiger partial charge in [-0.2, -0.15) is 0 Å². The van der Waals surface area contributed by atoms with Crippen molar-refractivity contribution in [3.8, 4) is 0 Å². The molecule has 1 spiro atoms. The van der Waals surface area contributed by atoms with Crippen LogP contribution in [-0.2, 0) is 4.79 Å². The second-order valence-corrected chi connectivity index (χ2v) is 7.89. The molecule has 2 aliphatic heterocycles. The fraction of sp³-hybridized carbons (Fsp3) is 0.684. The molecule has 0 bridgehead atoms. The number of carbonyl (C=O) groups is 2. The van der Waals surface area contributed by atoms with Crippen molar-refractivity contribution in [2.75, 3.05) is 19.6 Å². The lowest BCUT2D eigenvalue weighted by Gasteiger charge is -2.49. The van der Waals surface area contributed by atoms with E-state index in [1.807, 2.05) is 11.0 Å². The van der Waals surface area contributed by atoms with Crippen LogP contribution in [0.25, 0.3) is 0 Å². The van der Waals surface area contributed by atoms with Crippen LogP contribution in [0, 0.1) is 5.41 Å². The number of H-pyrrole nitrogens is 1. The molecule has 1 N–H and O–H groups in total. The third-order valence-electron chi connectivity index (χ3n) is 6.25. The zero-order valence-corrected chi connectivity index (χ0v) is 14.3. The van der Waals surface area contributed by atoms with Gasteiger partial charge < -0.3 is 14.8 Å². The van der Waals surface area contributed by atoms with E-state index in [2.05, 4.69) is 9.88 Å². The Morgan fingerprint density at radius 2 is 2.00 bits per heavy atom. The van der Waals surface area contributed by atoms with Gasteiger partial charge in [-0.25, -0.2) is 0 Å². The van der Waals surface area contributed by atoms with Crippen molar-refractivity contribution in [2.24, 2.45) is 5.41 Å². The van der Waals surface area contributed by atoms with E-state index in [9.17, 15) is 9.59 Å². The molecule has 3 fully saturated rings. The summed E-state index contributed by atoms with van der Waals surface area (Å²) in [6.07, 6.45) is 12.2. The van der Waals surface area contributed by atoms with Gasteiger partial charge in [-0.05, 0) is 38.2 Å². The van der Waals surface area contributed by atoms with Crippen LogP contribution in [-0.4, -0.2) is 52.3 Å². The molecule has 0 aromatic carbocycles. The van der Waals surface area contributed by atoms with Gasteiger partial charge >= 0.3 is 0 Å². The van der Waals surface area contributed by atoms with Gasteiger partial charge in [0.1, 0.15) is 0 Å². The first-order valence-electron chi connectivity index (χ1n) is 9.38. The van der Waals surface area contributed by atoms with Crippen LogP contribution in [0.15, 0.2) is 18.5 Å². The first-order valence-corrected chi connectivity index (χ1v) is 9.38. The quantitative estimate of drug-likeness (QED) is 0.907. The van der Waals surface area contributed by atoms with Crippen molar-refractivity contribution in [1.82, 2.24) is 14.8 Å². The van der Waals surface area contributed by atoms with Gasteiger partial charge in [0.05, 0.1) is 5.56 Å². The molecule has 0 radical (unpaired) electrons. The number of rotatable bonds is 2. The smallest absolute Gasteiger partial charge is 0.255 e. The molecule has 2 saturated heterocycles. The summed E-state index contributed by atoms with van der Waals surface area (Å²) in [5, 5.41) is 0. The van der Waals surface area contributed by atoms with Crippen LogP contribution in [0.3, 0.4) is 0 Å². The Bertz CT molecular complexity index is 606. The molecule has 130 valence electrons. The molecule has 3 heterocycles. The maximum Gasteiger partial charge on any atom is 0.255 e. The third-order valence-corrected chi connectivity index (χ3v) is 6.25. The second kappa shape index (κ2) is 6.26. The number of carbonyl (C=O) groups excluding carboxylic acids is 2. The Hall–Kier alpha value is -1.78. The highest BCUT2D eigenvalue weighted by Gasteiger charge is 2.44. The van der Waals surface area contributed by atoms with Crippen molar-refractivity contribution in [2.45, 2.75) is 57.4 Å². The predicted molar refractivity (Wildman–Crippen MR) is 91.6 cm³/mol. The van der Waals surface area contributed by atoms with Gasteiger partial charge in [-0.15, -0.1) is 0 Å². The third kappa shape index (κ3) is 2.85. The van der Waals surface area contributed by atoms with E-state index in [1.165, 1.54) is 12.8 Å². The molecule has 5 nitrogen and oxygen atoms in total. The molecule has 1 aliphatic carbocycles. The van der Waals surface area contributed by atoms with Crippen molar-refractivity contribution in [3.63, 3.8) is 0 Å². The number of hydrogen-bond acceptors (Lipinski definition) is 2. The van der Waals surface area contributed by atoms with Crippen LogP contribution in [0.1, 0.15) is 61.7 Å².